The van der Waals surface area contributed by atoms with Gasteiger partial charge in [-0.05, 0) is 30.3 Å². The number of anilines is 1. The Kier molecular flexibility index (Phi) is 3.99. The number of hydrogen-bond donors (Lipinski definition) is 1. The van der Waals surface area contributed by atoms with Crippen LogP contribution >= 0.6 is 22.9 Å². The molecule has 0 amide bonds. The highest BCUT2D eigenvalue weighted by molar-refractivity contribution is 7.23. The lowest BCUT2D eigenvalue weighted by atomic mass is 10.2. The van der Waals surface area contributed by atoms with Crippen molar-refractivity contribution < 1.29 is 4.92 Å². The van der Waals surface area contributed by atoms with Gasteiger partial charge >= 0.3 is 0 Å². The molecule has 8 nitrogen and oxygen atoms in total. The van der Waals surface area contributed by atoms with Crippen molar-refractivity contribution in [1.82, 2.24) is 9.38 Å². The first kappa shape index (κ1) is 17.0. The van der Waals surface area contributed by atoms with E-state index < -0.39 is 4.92 Å². The van der Waals surface area contributed by atoms with Gasteiger partial charge in [-0.3, -0.25) is 14.5 Å². The van der Waals surface area contributed by atoms with Crippen LogP contribution in [-0.4, -0.2) is 14.3 Å². The third kappa shape index (κ3) is 2.87. The van der Waals surface area contributed by atoms with E-state index in [0.717, 1.165) is 10.2 Å². The van der Waals surface area contributed by atoms with Crippen molar-refractivity contribution in [1.29, 1.82) is 5.26 Å². The van der Waals surface area contributed by atoms with Gasteiger partial charge < -0.3 is 5.73 Å². The van der Waals surface area contributed by atoms with Gasteiger partial charge in [-0.15, -0.1) is 0 Å². The molecule has 0 fully saturated rings. The number of hydrogen-bond acceptors (Lipinski definition) is 7. The van der Waals surface area contributed by atoms with Crippen molar-refractivity contribution in [2.75, 3.05) is 5.73 Å². The molecule has 132 valence electrons. The molecule has 2 heterocycles. The molecule has 0 bridgehead atoms. The van der Waals surface area contributed by atoms with E-state index in [4.69, 9.17) is 17.3 Å². The van der Waals surface area contributed by atoms with Crippen molar-refractivity contribution >= 4 is 55.3 Å². The van der Waals surface area contributed by atoms with Crippen molar-refractivity contribution in [3.8, 4) is 6.07 Å². The van der Waals surface area contributed by atoms with Gasteiger partial charge in [0.25, 0.3) is 5.69 Å². The van der Waals surface area contributed by atoms with E-state index in [1.165, 1.54) is 35.6 Å². The summed E-state index contributed by atoms with van der Waals surface area (Å²) in [6, 6.07) is 13.0. The molecule has 0 radical (unpaired) electrons. The lowest BCUT2D eigenvalue weighted by Crippen LogP contribution is -2.18. The molecule has 27 heavy (non-hydrogen) atoms. The smallest absolute Gasteiger partial charge is 0.269 e. The number of halogens is 1. The Hall–Kier alpha value is -3.48. The Balaban J connectivity index is 1.99. The maximum atomic E-state index is 10.8. The van der Waals surface area contributed by atoms with Crippen LogP contribution in [0.15, 0.2) is 47.5 Å². The number of nitrogens with zero attached hydrogens (tertiary/aromatic N) is 5. The highest BCUT2D eigenvalue weighted by atomic mass is 35.5. The minimum atomic E-state index is -0.494. The van der Waals surface area contributed by atoms with Gasteiger partial charge in [-0.25, -0.2) is 4.99 Å². The molecule has 4 rings (SSSR count). The van der Waals surface area contributed by atoms with Crippen LogP contribution in [0.4, 0.5) is 17.2 Å². The van der Waals surface area contributed by atoms with E-state index in [-0.39, 0.29) is 22.6 Å². The van der Waals surface area contributed by atoms with Crippen LogP contribution in [-0.2, 0) is 0 Å². The first-order valence-corrected chi connectivity index (χ1v) is 8.77. The van der Waals surface area contributed by atoms with Crippen LogP contribution in [0.3, 0.4) is 0 Å². The number of rotatable bonds is 2. The van der Waals surface area contributed by atoms with Crippen LogP contribution in [0, 0.1) is 21.4 Å². The summed E-state index contributed by atoms with van der Waals surface area (Å²) in [5.41, 5.74) is 7.68. The standard InChI is InChI=1S/C17H9ClN6O2S/c18-9-1-6-13-14(7-9)27-17-22-16(12(8-19)15(20)23(13)17)21-10-2-4-11(5-3-10)24(25)26/h1-7H,20H2. The Labute approximate surface area is 160 Å². The van der Waals surface area contributed by atoms with E-state index in [0.29, 0.717) is 15.7 Å². The Morgan fingerprint density at radius 2 is 2.04 bits per heavy atom. The molecule has 4 aromatic rings. The van der Waals surface area contributed by atoms with E-state index in [2.05, 4.69) is 9.98 Å². The van der Waals surface area contributed by atoms with Crippen LogP contribution < -0.4 is 11.2 Å². The molecule has 2 aromatic heterocycles. The molecule has 0 saturated heterocycles. The van der Waals surface area contributed by atoms with Gasteiger partial charge in [-0.2, -0.15) is 10.2 Å². The van der Waals surface area contributed by atoms with E-state index >= 15 is 0 Å². The fraction of sp³-hybridized carbons (Fsp3) is 0. The number of aromatic nitrogens is 2. The summed E-state index contributed by atoms with van der Waals surface area (Å²) in [5, 5.41) is 20.9. The highest BCUT2D eigenvalue weighted by Crippen LogP contribution is 2.30. The topological polar surface area (TPSA) is 123 Å². The predicted molar refractivity (Wildman–Crippen MR) is 103 cm³/mol. The molecule has 0 aliphatic rings. The summed E-state index contributed by atoms with van der Waals surface area (Å²) in [5.74, 6) is 0.219. The second kappa shape index (κ2) is 6.35. The SMILES string of the molecule is N#Cc1c(N)n2c(nc1=Nc1ccc([N+](=O)[O-])cc1)sc1cc(Cl)ccc12. The zero-order chi connectivity index (χ0) is 19.1. The molecule has 10 heteroatoms. The summed E-state index contributed by atoms with van der Waals surface area (Å²) in [4.78, 5) is 19.6. The number of nitro groups is 1. The molecule has 2 aromatic carbocycles. The van der Waals surface area contributed by atoms with Gasteiger partial charge in [0, 0.05) is 17.2 Å². The van der Waals surface area contributed by atoms with Gasteiger partial charge in [-0.1, -0.05) is 22.9 Å². The zero-order valence-corrected chi connectivity index (χ0v) is 15.0. The Morgan fingerprint density at radius 3 is 2.70 bits per heavy atom. The van der Waals surface area contributed by atoms with Crippen LogP contribution in [0.25, 0.3) is 15.2 Å². The van der Waals surface area contributed by atoms with E-state index in [1.54, 1.807) is 16.5 Å². The number of thiazole rings is 1. The third-order valence-electron chi connectivity index (χ3n) is 3.88. The van der Waals surface area contributed by atoms with Crippen LogP contribution in [0.2, 0.25) is 5.02 Å². The summed E-state index contributed by atoms with van der Waals surface area (Å²) in [6.45, 7) is 0. The molecule has 0 unspecified atom stereocenters. The molecular weight excluding hydrogens is 388 g/mol. The minimum absolute atomic E-state index is 0.0469. The number of nitrogens with two attached hydrogens (primary N) is 1. The number of fused-ring (bicyclic) bond motifs is 3. The van der Waals surface area contributed by atoms with Crippen molar-refractivity contribution in [2.24, 2.45) is 4.99 Å². The second-order valence-electron chi connectivity index (χ2n) is 5.52. The highest BCUT2D eigenvalue weighted by Gasteiger charge is 2.14. The molecule has 0 aliphatic carbocycles. The van der Waals surface area contributed by atoms with E-state index in [1.807, 2.05) is 12.1 Å². The normalized spacial score (nSPS) is 11.8. The van der Waals surface area contributed by atoms with Crippen molar-refractivity contribution in [3.63, 3.8) is 0 Å². The predicted octanol–water partition coefficient (Wildman–Crippen LogP) is 3.80. The summed E-state index contributed by atoms with van der Waals surface area (Å²) >= 11 is 7.41. The summed E-state index contributed by atoms with van der Waals surface area (Å²) in [7, 11) is 0. The number of non-ortho nitro benzene ring substituents is 1. The molecule has 0 spiro atoms. The minimum Gasteiger partial charge on any atom is -0.384 e. The summed E-state index contributed by atoms with van der Waals surface area (Å²) < 4.78 is 2.56. The molecular formula is C17H9ClN6O2S. The number of nitrogen functional groups attached to an aromatic ring is 1. The lowest BCUT2D eigenvalue weighted by Gasteiger charge is -2.04. The fourth-order valence-corrected chi connectivity index (χ4v) is 3.94. The molecule has 0 aliphatic heterocycles. The lowest BCUT2D eigenvalue weighted by molar-refractivity contribution is -0.384. The first-order chi connectivity index (χ1) is 13.0. The van der Waals surface area contributed by atoms with Gasteiger partial charge in [0.1, 0.15) is 17.5 Å². The number of benzene rings is 2. The Morgan fingerprint density at radius 1 is 1.30 bits per heavy atom. The maximum absolute atomic E-state index is 10.8. The average Bonchev–Trinajstić information content (AvgIpc) is 2.99. The average molecular weight is 397 g/mol. The number of nitriles is 1. The van der Waals surface area contributed by atoms with Crippen molar-refractivity contribution in [2.45, 2.75) is 0 Å². The fourth-order valence-electron chi connectivity index (χ4n) is 2.64. The van der Waals surface area contributed by atoms with E-state index in [9.17, 15) is 15.4 Å². The van der Waals surface area contributed by atoms with Crippen LogP contribution in [0.5, 0.6) is 0 Å². The monoisotopic (exact) mass is 396 g/mol. The largest absolute Gasteiger partial charge is 0.384 e. The maximum Gasteiger partial charge on any atom is 0.269 e. The van der Waals surface area contributed by atoms with Gasteiger partial charge in [0.05, 0.1) is 20.8 Å². The molecule has 0 saturated carbocycles. The van der Waals surface area contributed by atoms with Crippen LogP contribution in [0.1, 0.15) is 5.56 Å². The first-order valence-electron chi connectivity index (χ1n) is 7.57. The zero-order valence-electron chi connectivity index (χ0n) is 13.5. The third-order valence-corrected chi connectivity index (χ3v) is 5.12. The van der Waals surface area contributed by atoms with Gasteiger partial charge in [0.15, 0.2) is 10.4 Å². The quantitative estimate of drug-likeness (QED) is 0.407. The molecule has 2 N–H and O–H groups in total. The summed E-state index contributed by atoms with van der Waals surface area (Å²) in [6.07, 6.45) is 0. The number of nitro benzene ring substituents is 1. The van der Waals surface area contributed by atoms with Gasteiger partial charge in [0.2, 0.25) is 0 Å². The molecule has 0 atom stereocenters. The second-order valence-corrected chi connectivity index (χ2v) is 6.97. The Bertz CT molecular complexity index is 1330. The van der Waals surface area contributed by atoms with Crippen molar-refractivity contribution in [3.05, 3.63) is 68.7 Å².